The van der Waals surface area contributed by atoms with Gasteiger partial charge in [0.25, 0.3) is 0 Å². The summed E-state index contributed by atoms with van der Waals surface area (Å²) in [7, 11) is 0. The third kappa shape index (κ3) is 21.3. The van der Waals surface area contributed by atoms with Crippen molar-refractivity contribution in [2.24, 2.45) is 0 Å². The van der Waals surface area contributed by atoms with E-state index in [9.17, 15) is 0 Å². The van der Waals surface area contributed by atoms with Crippen LogP contribution in [0.5, 0.6) is 0 Å². The summed E-state index contributed by atoms with van der Waals surface area (Å²) in [4.78, 5) is 0. The molecule has 1 aromatic rings. The van der Waals surface area contributed by atoms with Crippen LogP contribution in [0.2, 0.25) is 0 Å². The van der Waals surface area contributed by atoms with E-state index in [-0.39, 0.29) is 0 Å². The second kappa shape index (κ2) is 27.2. The lowest BCUT2D eigenvalue weighted by atomic mass is 10.0. The van der Waals surface area contributed by atoms with Crippen LogP contribution in [0, 0.1) is 0 Å². The van der Waals surface area contributed by atoms with Crippen LogP contribution in [-0.2, 0) is 13.0 Å². The summed E-state index contributed by atoms with van der Waals surface area (Å²) in [6.07, 6.45) is 40.9. The van der Waals surface area contributed by atoms with Gasteiger partial charge in [0.15, 0.2) is 11.9 Å². The Bertz CT molecular complexity index is 551. The normalized spacial score (nSPS) is 11.4. The van der Waals surface area contributed by atoms with Crippen molar-refractivity contribution in [1.29, 1.82) is 0 Å². The second-order valence-electron chi connectivity index (χ2n) is 11.6. The van der Waals surface area contributed by atoms with Gasteiger partial charge in [0, 0.05) is 25.0 Å². The number of aromatic nitrogens is 1. The lowest BCUT2D eigenvalue weighted by Crippen LogP contribution is -2.37. The summed E-state index contributed by atoms with van der Waals surface area (Å²) in [6.45, 7) is 5.82. The van der Waals surface area contributed by atoms with Gasteiger partial charge in [0.05, 0.1) is 0 Å². The van der Waals surface area contributed by atoms with Crippen molar-refractivity contribution < 1.29 is 4.57 Å². The highest BCUT2D eigenvalue weighted by atomic mass is 14.9. The van der Waals surface area contributed by atoms with Gasteiger partial charge in [0.1, 0.15) is 6.54 Å². The second-order valence-corrected chi connectivity index (χ2v) is 11.6. The maximum atomic E-state index is 2.54. The van der Waals surface area contributed by atoms with Crippen LogP contribution >= 0.6 is 0 Å². The fourth-order valence-corrected chi connectivity index (χ4v) is 5.58. The van der Waals surface area contributed by atoms with Gasteiger partial charge in [-0.25, -0.2) is 4.57 Å². The van der Waals surface area contributed by atoms with Gasteiger partial charge in [-0.3, -0.25) is 0 Å². The van der Waals surface area contributed by atoms with E-state index >= 15 is 0 Å². The predicted octanol–water partition coefficient (Wildman–Crippen LogP) is 11.7. The molecule has 0 spiro atoms. The highest BCUT2D eigenvalue weighted by Gasteiger charge is 2.08. The van der Waals surface area contributed by atoms with Crippen molar-refractivity contribution in [2.45, 2.75) is 194 Å². The van der Waals surface area contributed by atoms with E-state index in [4.69, 9.17) is 0 Å². The SMILES string of the molecule is CCCCCCCCCCCCCCCCCCc1cccc[n+]1CCCCCCCCCCCC. The van der Waals surface area contributed by atoms with Crippen LogP contribution in [0.15, 0.2) is 24.4 Å². The van der Waals surface area contributed by atoms with Crippen LogP contribution in [0.1, 0.15) is 186 Å². The van der Waals surface area contributed by atoms with Gasteiger partial charge < -0.3 is 0 Å². The van der Waals surface area contributed by atoms with Crippen LogP contribution < -0.4 is 4.57 Å². The van der Waals surface area contributed by atoms with Gasteiger partial charge in [-0.15, -0.1) is 0 Å². The quantitative estimate of drug-likeness (QED) is 0.0795. The molecule has 0 bridgehead atoms. The van der Waals surface area contributed by atoms with Crippen molar-refractivity contribution in [3.63, 3.8) is 0 Å². The van der Waals surface area contributed by atoms with E-state index in [1.807, 2.05) is 0 Å². The first-order valence-electron chi connectivity index (χ1n) is 16.9. The Labute approximate surface area is 228 Å². The number of aryl methyl sites for hydroxylation is 2. The van der Waals surface area contributed by atoms with Gasteiger partial charge in [0.2, 0.25) is 0 Å². The molecule has 1 heterocycles. The minimum atomic E-state index is 1.21. The van der Waals surface area contributed by atoms with E-state index < -0.39 is 0 Å². The monoisotopic (exact) mass is 501 g/mol. The van der Waals surface area contributed by atoms with Crippen LogP contribution in [0.4, 0.5) is 0 Å². The Balaban J connectivity index is 1.92. The summed E-state index contributed by atoms with van der Waals surface area (Å²) in [5.74, 6) is 0. The molecule has 0 radical (unpaired) electrons. The molecule has 0 aromatic carbocycles. The van der Waals surface area contributed by atoms with Gasteiger partial charge in [-0.2, -0.15) is 0 Å². The summed E-state index contributed by atoms with van der Waals surface area (Å²) < 4.78 is 2.54. The lowest BCUT2D eigenvalue weighted by Gasteiger charge is -2.05. The third-order valence-electron chi connectivity index (χ3n) is 8.07. The summed E-state index contributed by atoms with van der Waals surface area (Å²) in [5.41, 5.74) is 1.55. The molecule has 36 heavy (non-hydrogen) atoms. The average molecular weight is 501 g/mol. The molecule has 210 valence electrons. The summed E-state index contributed by atoms with van der Waals surface area (Å²) >= 11 is 0. The number of pyridine rings is 1. The molecule has 1 heteroatoms. The Hall–Kier alpha value is -0.850. The molecule has 0 aliphatic rings. The van der Waals surface area contributed by atoms with Crippen molar-refractivity contribution >= 4 is 0 Å². The van der Waals surface area contributed by atoms with Gasteiger partial charge >= 0.3 is 0 Å². The van der Waals surface area contributed by atoms with E-state index in [0.29, 0.717) is 0 Å². The van der Waals surface area contributed by atoms with E-state index in [2.05, 4.69) is 42.8 Å². The van der Waals surface area contributed by atoms with Crippen molar-refractivity contribution in [3.8, 4) is 0 Å². The highest BCUT2D eigenvalue weighted by molar-refractivity contribution is 4.97. The molecular weight excluding hydrogens is 434 g/mol. The number of unbranched alkanes of at least 4 members (excludes halogenated alkanes) is 24. The van der Waals surface area contributed by atoms with Crippen molar-refractivity contribution in [1.82, 2.24) is 0 Å². The molecule has 0 fully saturated rings. The first-order chi connectivity index (χ1) is 17.9. The molecule has 0 saturated heterocycles. The molecule has 1 rings (SSSR count). The zero-order valence-electron chi connectivity index (χ0n) is 25.1. The van der Waals surface area contributed by atoms with Crippen molar-refractivity contribution in [3.05, 3.63) is 30.1 Å². The molecule has 0 saturated carbocycles. The number of rotatable bonds is 28. The minimum Gasteiger partial charge on any atom is -0.202 e. The van der Waals surface area contributed by atoms with Gasteiger partial charge in [-0.05, 0) is 12.8 Å². The van der Waals surface area contributed by atoms with Crippen LogP contribution in [0.25, 0.3) is 0 Å². The standard InChI is InChI=1S/C35H66N/c1-3-5-7-9-11-13-15-16-17-18-19-20-21-23-25-27-31-35-32-28-30-34-36(35)33-29-26-24-22-14-12-10-8-6-4-2/h28,30,32,34H,3-27,29,31,33H2,1-2H3/q+1. The minimum absolute atomic E-state index is 1.21. The molecule has 0 unspecified atom stereocenters. The molecule has 0 N–H and O–H groups in total. The zero-order chi connectivity index (χ0) is 25.8. The molecule has 1 aromatic heterocycles. The van der Waals surface area contributed by atoms with E-state index in [0.717, 1.165) is 0 Å². The summed E-state index contributed by atoms with van der Waals surface area (Å²) in [5, 5.41) is 0. The Morgan fingerprint density at radius 2 is 0.778 bits per heavy atom. The van der Waals surface area contributed by atoms with Crippen LogP contribution in [-0.4, -0.2) is 0 Å². The average Bonchev–Trinajstić information content (AvgIpc) is 2.90. The fourth-order valence-electron chi connectivity index (χ4n) is 5.58. The first kappa shape index (κ1) is 33.2. The third-order valence-corrected chi connectivity index (χ3v) is 8.07. The molecule has 0 atom stereocenters. The topological polar surface area (TPSA) is 3.88 Å². The Morgan fingerprint density at radius 1 is 0.417 bits per heavy atom. The Morgan fingerprint density at radius 3 is 1.19 bits per heavy atom. The molecule has 0 aliphatic heterocycles. The maximum absolute atomic E-state index is 2.54. The maximum Gasteiger partial charge on any atom is 0.181 e. The smallest absolute Gasteiger partial charge is 0.181 e. The molecular formula is C35H66N+. The first-order valence-corrected chi connectivity index (χ1v) is 16.9. The molecule has 0 aliphatic carbocycles. The fraction of sp³-hybridized carbons (Fsp3) is 0.857. The van der Waals surface area contributed by atoms with Gasteiger partial charge in [-0.1, -0.05) is 168 Å². The summed E-state index contributed by atoms with van der Waals surface area (Å²) in [6, 6.07) is 6.81. The van der Waals surface area contributed by atoms with E-state index in [1.165, 1.54) is 180 Å². The lowest BCUT2D eigenvalue weighted by molar-refractivity contribution is -0.704. The number of hydrogen-bond acceptors (Lipinski definition) is 0. The zero-order valence-corrected chi connectivity index (χ0v) is 25.1. The number of hydrogen-bond donors (Lipinski definition) is 0. The largest absolute Gasteiger partial charge is 0.202 e. The Kier molecular flexibility index (Phi) is 25.1. The molecule has 1 nitrogen and oxygen atoms in total. The van der Waals surface area contributed by atoms with E-state index in [1.54, 1.807) is 5.69 Å². The highest BCUT2D eigenvalue weighted by Crippen LogP contribution is 2.14. The molecule has 0 amide bonds. The predicted molar refractivity (Wildman–Crippen MR) is 162 cm³/mol. The van der Waals surface area contributed by atoms with Crippen molar-refractivity contribution in [2.75, 3.05) is 0 Å². The number of nitrogens with zero attached hydrogens (tertiary/aromatic N) is 1. The van der Waals surface area contributed by atoms with Crippen LogP contribution in [0.3, 0.4) is 0 Å².